The Hall–Kier alpha value is -1.12. The highest BCUT2D eigenvalue weighted by Gasteiger charge is 2.47. The summed E-state index contributed by atoms with van der Waals surface area (Å²) in [6, 6.07) is 0. The van der Waals surface area contributed by atoms with Crippen LogP contribution >= 0.6 is 0 Å². The summed E-state index contributed by atoms with van der Waals surface area (Å²) in [5.74, 6) is -0.218. The van der Waals surface area contributed by atoms with Gasteiger partial charge in [0.15, 0.2) is 12.4 Å². The standard InChI is InChI=1S/C18H30O3/c1-5-6-7-8-9-11-16(20)21-14-15(19)18(4)13-10-12-17(18,2)3/h10,12H,5-9,11,13-14H2,1-4H3/t18-/m0/s1. The summed E-state index contributed by atoms with van der Waals surface area (Å²) in [7, 11) is 0. The van der Waals surface area contributed by atoms with Crippen molar-refractivity contribution in [3.63, 3.8) is 0 Å². The molecule has 0 spiro atoms. The largest absolute Gasteiger partial charge is 0.458 e. The molecule has 120 valence electrons. The molecule has 0 saturated carbocycles. The summed E-state index contributed by atoms with van der Waals surface area (Å²) in [5.41, 5.74) is -0.620. The molecule has 1 rings (SSSR count). The smallest absolute Gasteiger partial charge is 0.306 e. The Morgan fingerprint density at radius 3 is 2.33 bits per heavy atom. The molecule has 0 radical (unpaired) electrons. The Bertz CT molecular complexity index is 395. The van der Waals surface area contributed by atoms with Crippen LogP contribution in [0.1, 0.15) is 72.6 Å². The SMILES string of the molecule is CCCCCCCC(=O)OCC(=O)[C@]1(C)CC=CC1(C)C. The summed E-state index contributed by atoms with van der Waals surface area (Å²) < 4.78 is 5.17. The molecule has 21 heavy (non-hydrogen) atoms. The number of rotatable bonds is 9. The molecule has 0 amide bonds. The van der Waals surface area contributed by atoms with Gasteiger partial charge in [0, 0.05) is 11.8 Å². The molecule has 0 N–H and O–H groups in total. The third-order valence-corrected chi connectivity index (χ3v) is 4.95. The zero-order valence-corrected chi connectivity index (χ0v) is 14.0. The predicted molar refractivity (Wildman–Crippen MR) is 85.0 cm³/mol. The number of hydrogen-bond acceptors (Lipinski definition) is 3. The molecular formula is C18H30O3. The summed E-state index contributed by atoms with van der Waals surface area (Å²) in [6.45, 7) is 8.16. The highest BCUT2D eigenvalue weighted by molar-refractivity contribution is 5.89. The molecule has 0 saturated heterocycles. The Kier molecular flexibility index (Phi) is 6.63. The molecular weight excluding hydrogens is 264 g/mol. The molecule has 0 aromatic heterocycles. The number of unbranched alkanes of at least 4 members (excludes halogenated alkanes) is 4. The van der Waals surface area contributed by atoms with Crippen LogP contribution in [-0.4, -0.2) is 18.4 Å². The molecule has 0 aromatic carbocycles. The molecule has 0 aromatic rings. The molecule has 3 nitrogen and oxygen atoms in total. The fraction of sp³-hybridized carbons (Fsp3) is 0.778. The van der Waals surface area contributed by atoms with Crippen molar-refractivity contribution < 1.29 is 14.3 Å². The van der Waals surface area contributed by atoms with E-state index in [4.69, 9.17) is 4.74 Å². The molecule has 0 fully saturated rings. The minimum absolute atomic E-state index is 0.0248. The van der Waals surface area contributed by atoms with Crippen LogP contribution in [0.25, 0.3) is 0 Å². The predicted octanol–water partition coefficient (Wildman–Crippen LogP) is 4.45. The second-order valence-electron chi connectivity index (χ2n) is 6.91. The Morgan fingerprint density at radius 1 is 1.10 bits per heavy atom. The second kappa shape index (κ2) is 7.77. The first-order chi connectivity index (χ1) is 9.83. The maximum atomic E-state index is 12.4. The van der Waals surface area contributed by atoms with Gasteiger partial charge in [-0.05, 0) is 18.3 Å². The van der Waals surface area contributed by atoms with Crippen LogP contribution in [0.3, 0.4) is 0 Å². The lowest BCUT2D eigenvalue weighted by Gasteiger charge is -2.36. The molecule has 0 unspecified atom stereocenters. The van der Waals surface area contributed by atoms with E-state index in [9.17, 15) is 9.59 Å². The maximum Gasteiger partial charge on any atom is 0.306 e. The minimum Gasteiger partial charge on any atom is -0.458 e. The number of ketones is 1. The van der Waals surface area contributed by atoms with Crippen LogP contribution in [0.4, 0.5) is 0 Å². The van der Waals surface area contributed by atoms with E-state index in [2.05, 4.69) is 26.8 Å². The van der Waals surface area contributed by atoms with E-state index < -0.39 is 5.41 Å². The third kappa shape index (κ3) is 4.69. The number of carbonyl (C=O) groups excluding carboxylic acids is 2. The number of Topliss-reactive ketones (excluding diaryl/α,β-unsaturated/α-hetero) is 1. The topological polar surface area (TPSA) is 43.4 Å². The van der Waals surface area contributed by atoms with Crippen molar-refractivity contribution in [2.45, 2.75) is 72.6 Å². The minimum atomic E-state index is -0.450. The molecule has 0 aliphatic heterocycles. The normalized spacial score (nSPS) is 23.2. The van der Waals surface area contributed by atoms with Gasteiger partial charge in [0.2, 0.25) is 0 Å². The number of ether oxygens (including phenoxy) is 1. The van der Waals surface area contributed by atoms with Crippen LogP contribution in [0.5, 0.6) is 0 Å². The average Bonchev–Trinajstić information content (AvgIpc) is 2.71. The molecule has 3 heteroatoms. The van der Waals surface area contributed by atoms with Gasteiger partial charge >= 0.3 is 5.97 Å². The number of carbonyl (C=O) groups is 2. The van der Waals surface area contributed by atoms with Crippen molar-refractivity contribution in [3.8, 4) is 0 Å². The second-order valence-corrected chi connectivity index (χ2v) is 6.91. The lowest BCUT2D eigenvalue weighted by Crippen LogP contribution is -2.40. The van der Waals surface area contributed by atoms with Gasteiger partial charge in [-0.15, -0.1) is 0 Å². The van der Waals surface area contributed by atoms with Crippen LogP contribution in [-0.2, 0) is 14.3 Å². The summed E-state index contributed by atoms with van der Waals surface area (Å²) in [5, 5.41) is 0. The quantitative estimate of drug-likeness (QED) is 0.358. The Balaban J connectivity index is 2.29. The van der Waals surface area contributed by atoms with E-state index in [0.29, 0.717) is 6.42 Å². The van der Waals surface area contributed by atoms with Gasteiger partial charge in [-0.3, -0.25) is 9.59 Å². The number of esters is 1. The van der Waals surface area contributed by atoms with Gasteiger partial charge in [-0.1, -0.05) is 65.5 Å². The first kappa shape index (κ1) is 17.9. The van der Waals surface area contributed by atoms with Gasteiger partial charge in [0.1, 0.15) is 0 Å². The molecule has 0 bridgehead atoms. The highest BCUT2D eigenvalue weighted by atomic mass is 16.5. The van der Waals surface area contributed by atoms with Crippen LogP contribution in [0, 0.1) is 10.8 Å². The fourth-order valence-corrected chi connectivity index (χ4v) is 2.76. The Labute approximate surface area is 129 Å². The summed E-state index contributed by atoms with van der Waals surface area (Å²) in [4.78, 5) is 24.1. The highest BCUT2D eigenvalue weighted by Crippen LogP contribution is 2.48. The van der Waals surface area contributed by atoms with Gasteiger partial charge < -0.3 is 4.74 Å². The summed E-state index contributed by atoms with van der Waals surface area (Å²) >= 11 is 0. The molecule has 1 aliphatic carbocycles. The van der Waals surface area contributed by atoms with E-state index in [-0.39, 0.29) is 23.8 Å². The first-order valence-electron chi connectivity index (χ1n) is 8.20. The van der Waals surface area contributed by atoms with Gasteiger partial charge in [0.25, 0.3) is 0 Å². The fourth-order valence-electron chi connectivity index (χ4n) is 2.76. The van der Waals surface area contributed by atoms with Crippen LogP contribution in [0.15, 0.2) is 12.2 Å². The van der Waals surface area contributed by atoms with E-state index in [1.54, 1.807) is 0 Å². The van der Waals surface area contributed by atoms with E-state index >= 15 is 0 Å². The van der Waals surface area contributed by atoms with Crippen LogP contribution < -0.4 is 0 Å². The van der Waals surface area contributed by atoms with Crippen molar-refractivity contribution >= 4 is 11.8 Å². The van der Waals surface area contributed by atoms with Crippen molar-refractivity contribution in [2.24, 2.45) is 10.8 Å². The van der Waals surface area contributed by atoms with Crippen LogP contribution in [0.2, 0.25) is 0 Å². The average molecular weight is 294 g/mol. The number of hydrogen-bond donors (Lipinski definition) is 0. The zero-order chi connectivity index (χ0) is 15.9. The van der Waals surface area contributed by atoms with Crippen molar-refractivity contribution in [3.05, 3.63) is 12.2 Å². The zero-order valence-electron chi connectivity index (χ0n) is 14.0. The van der Waals surface area contributed by atoms with Crippen molar-refractivity contribution in [1.82, 2.24) is 0 Å². The lowest BCUT2D eigenvalue weighted by molar-refractivity contribution is -0.152. The molecule has 0 heterocycles. The molecule has 1 atom stereocenters. The van der Waals surface area contributed by atoms with E-state index in [1.807, 2.05) is 13.0 Å². The van der Waals surface area contributed by atoms with E-state index in [0.717, 1.165) is 19.3 Å². The van der Waals surface area contributed by atoms with Gasteiger partial charge in [-0.25, -0.2) is 0 Å². The van der Waals surface area contributed by atoms with Gasteiger partial charge in [-0.2, -0.15) is 0 Å². The Morgan fingerprint density at radius 2 is 1.76 bits per heavy atom. The molecule has 1 aliphatic rings. The number of allylic oxidation sites excluding steroid dienone is 2. The van der Waals surface area contributed by atoms with Gasteiger partial charge in [0.05, 0.1) is 0 Å². The maximum absolute atomic E-state index is 12.4. The van der Waals surface area contributed by atoms with E-state index in [1.165, 1.54) is 19.3 Å². The summed E-state index contributed by atoms with van der Waals surface area (Å²) in [6.07, 6.45) is 10.8. The van der Waals surface area contributed by atoms with Crippen molar-refractivity contribution in [1.29, 1.82) is 0 Å². The monoisotopic (exact) mass is 294 g/mol. The first-order valence-corrected chi connectivity index (χ1v) is 8.20. The third-order valence-electron chi connectivity index (χ3n) is 4.95. The van der Waals surface area contributed by atoms with Crippen molar-refractivity contribution in [2.75, 3.05) is 6.61 Å². The lowest BCUT2D eigenvalue weighted by atomic mass is 9.66.